The summed E-state index contributed by atoms with van der Waals surface area (Å²) in [5, 5.41) is 3.78. The Morgan fingerprint density at radius 3 is 2.13 bits per heavy atom. The van der Waals surface area contributed by atoms with Gasteiger partial charge in [0.2, 0.25) is 11.8 Å². The average Bonchev–Trinajstić information content (AvgIpc) is 3.07. The van der Waals surface area contributed by atoms with Gasteiger partial charge in [0, 0.05) is 40.1 Å². The predicted molar refractivity (Wildman–Crippen MR) is 188 cm³/mol. The quantitative estimate of drug-likeness (QED) is 0.129. The predicted octanol–water partition coefficient (Wildman–Crippen LogP) is 7.41. The molecule has 0 saturated carbocycles. The van der Waals surface area contributed by atoms with E-state index in [-0.39, 0.29) is 34.3 Å². The number of hydrogen-bond acceptors (Lipinski definition) is 5. The van der Waals surface area contributed by atoms with Crippen molar-refractivity contribution >= 4 is 62.3 Å². The molecule has 0 aromatic heterocycles. The monoisotopic (exact) mass is 715 g/mol. The number of carbonyl (C=O) groups excluding carboxylic acids is 2. The average molecular weight is 717 g/mol. The van der Waals surface area contributed by atoms with Crippen LogP contribution in [-0.4, -0.2) is 51.4 Å². The molecular weight excluding hydrogens is 681 g/mol. The molecule has 0 unspecified atom stereocenters. The zero-order valence-corrected chi connectivity index (χ0v) is 29.1. The second-order valence-corrected chi connectivity index (χ2v) is 13.8. The van der Waals surface area contributed by atoms with E-state index in [1.807, 2.05) is 37.3 Å². The number of carbonyl (C=O) groups is 2. The molecule has 0 heterocycles. The molecule has 1 atom stereocenters. The van der Waals surface area contributed by atoms with Crippen LogP contribution in [0.25, 0.3) is 0 Å². The number of anilines is 1. The number of nitrogens with one attached hydrogen (secondary N) is 1. The Hall–Kier alpha value is -3.76. The maximum absolute atomic E-state index is 14.7. The first-order valence-electron chi connectivity index (χ1n) is 15.0. The Morgan fingerprint density at radius 1 is 0.872 bits per heavy atom. The first-order valence-corrected chi connectivity index (χ1v) is 17.6. The first-order chi connectivity index (χ1) is 22.6. The van der Waals surface area contributed by atoms with Crippen LogP contribution in [-0.2, 0) is 32.6 Å². The molecule has 0 bridgehead atoms. The van der Waals surface area contributed by atoms with Gasteiger partial charge in [0.1, 0.15) is 18.3 Å². The Balaban J connectivity index is 1.86. The molecule has 1 N–H and O–H groups in total. The van der Waals surface area contributed by atoms with Crippen molar-refractivity contribution in [3.05, 3.63) is 123 Å². The van der Waals surface area contributed by atoms with E-state index in [1.165, 1.54) is 36.3 Å². The van der Waals surface area contributed by atoms with Crippen LogP contribution in [0.15, 0.2) is 102 Å². The minimum Gasteiger partial charge on any atom is -0.495 e. The molecule has 47 heavy (non-hydrogen) atoms. The second kappa shape index (κ2) is 16.9. The second-order valence-electron chi connectivity index (χ2n) is 10.7. The summed E-state index contributed by atoms with van der Waals surface area (Å²) in [4.78, 5) is 29.9. The van der Waals surface area contributed by atoms with Gasteiger partial charge in [0.15, 0.2) is 0 Å². The van der Waals surface area contributed by atoms with Gasteiger partial charge < -0.3 is 15.0 Å². The molecule has 2 amide bonds. The fourth-order valence-electron chi connectivity index (χ4n) is 5.00. The lowest BCUT2D eigenvalue weighted by molar-refractivity contribution is -0.140. The van der Waals surface area contributed by atoms with Crippen LogP contribution in [0.2, 0.25) is 15.1 Å². The molecule has 8 nitrogen and oxygen atoms in total. The van der Waals surface area contributed by atoms with Crippen LogP contribution >= 0.6 is 34.8 Å². The number of methoxy groups -OCH3 is 1. The van der Waals surface area contributed by atoms with E-state index in [4.69, 9.17) is 39.5 Å². The summed E-state index contributed by atoms with van der Waals surface area (Å²) in [6, 6.07) is 25.4. The van der Waals surface area contributed by atoms with E-state index in [0.29, 0.717) is 22.2 Å². The highest BCUT2D eigenvalue weighted by molar-refractivity contribution is 7.92. The number of benzene rings is 4. The maximum atomic E-state index is 14.7. The van der Waals surface area contributed by atoms with Crippen LogP contribution in [0.1, 0.15) is 30.9 Å². The van der Waals surface area contributed by atoms with Crippen LogP contribution in [0.5, 0.6) is 5.75 Å². The highest BCUT2D eigenvalue weighted by Gasteiger charge is 2.36. The number of halogens is 3. The van der Waals surface area contributed by atoms with Gasteiger partial charge >= 0.3 is 0 Å². The number of rotatable bonds is 15. The molecule has 0 radical (unpaired) electrons. The SMILES string of the molecule is CCCCNC(=O)[C@@H](Cc1ccccc1)N(Cc1c(Cl)cccc1Cl)C(=O)CN(c1cc(Cl)ccc1OC)S(=O)(=O)c1ccccc1. The highest BCUT2D eigenvalue weighted by atomic mass is 35.5. The number of unbranched alkanes of at least 4 members (excludes halogenated alkanes) is 1. The van der Waals surface area contributed by atoms with E-state index < -0.39 is 34.4 Å². The van der Waals surface area contributed by atoms with Crippen molar-refractivity contribution in [1.82, 2.24) is 10.2 Å². The standard InChI is InChI=1S/C35H36Cl3N3O5S/c1-3-4-20-39-35(43)32(21-25-12-7-5-8-13-25)40(23-28-29(37)16-11-17-30(28)38)34(42)24-41(31-22-26(36)18-19-33(31)46-2)47(44,45)27-14-9-6-10-15-27/h5-19,22,32H,3-4,20-21,23-24H2,1-2H3,(H,39,43)/t32-/m1/s1. The maximum Gasteiger partial charge on any atom is 0.264 e. The third kappa shape index (κ3) is 9.20. The minimum atomic E-state index is -4.35. The van der Waals surface area contributed by atoms with Crippen LogP contribution in [0.3, 0.4) is 0 Å². The fraction of sp³-hybridized carbons (Fsp3) is 0.257. The van der Waals surface area contributed by atoms with Gasteiger partial charge in [-0.3, -0.25) is 13.9 Å². The number of ether oxygens (including phenoxy) is 1. The number of amides is 2. The van der Waals surface area contributed by atoms with Crippen molar-refractivity contribution in [3.63, 3.8) is 0 Å². The summed E-state index contributed by atoms with van der Waals surface area (Å²) < 4.78 is 34.9. The van der Waals surface area contributed by atoms with E-state index in [9.17, 15) is 18.0 Å². The summed E-state index contributed by atoms with van der Waals surface area (Å²) in [6.07, 6.45) is 1.75. The number of hydrogen-bond donors (Lipinski definition) is 1. The highest BCUT2D eigenvalue weighted by Crippen LogP contribution is 2.35. The third-order valence-electron chi connectivity index (χ3n) is 7.51. The molecule has 4 aromatic rings. The zero-order chi connectivity index (χ0) is 34.0. The fourth-order valence-corrected chi connectivity index (χ4v) is 7.13. The topological polar surface area (TPSA) is 96.0 Å². The third-order valence-corrected chi connectivity index (χ3v) is 10.2. The molecule has 0 saturated heterocycles. The van der Waals surface area contributed by atoms with Crippen molar-refractivity contribution < 1.29 is 22.7 Å². The lowest BCUT2D eigenvalue weighted by atomic mass is 10.0. The normalized spacial score (nSPS) is 11.9. The molecule has 0 aliphatic heterocycles. The summed E-state index contributed by atoms with van der Waals surface area (Å²) >= 11 is 19.5. The van der Waals surface area contributed by atoms with Gasteiger partial charge in [-0.15, -0.1) is 0 Å². The van der Waals surface area contributed by atoms with Crippen molar-refractivity contribution in [2.75, 3.05) is 24.5 Å². The lowest BCUT2D eigenvalue weighted by Gasteiger charge is -2.34. The number of sulfonamides is 1. The van der Waals surface area contributed by atoms with E-state index >= 15 is 0 Å². The Kier molecular flexibility index (Phi) is 13.0. The van der Waals surface area contributed by atoms with Crippen molar-refractivity contribution in [2.24, 2.45) is 0 Å². The molecule has 0 aliphatic rings. The molecule has 0 spiro atoms. The molecule has 4 rings (SSSR count). The Bertz CT molecular complexity index is 1760. The molecule has 12 heteroatoms. The largest absolute Gasteiger partial charge is 0.495 e. The summed E-state index contributed by atoms with van der Waals surface area (Å²) in [6.45, 7) is 1.56. The van der Waals surface area contributed by atoms with Gasteiger partial charge in [-0.2, -0.15) is 0 Å². The first kappa shape index (κ1) is 36.1. The van der Waals surface area contributed by atoms with Crippen molar-refractivity contribution in [2.45, 2.75) is 43.7 Å². The van der Waals surface area contributed by atoms with Gasteiger partial charge in [-0.25, -0.2) is 8.42 Å². The van der Waals surface area contributed by atoms with Crippen LogP contribution in [0, 0.1) is 0 Å². The zero-order valence-electron chi connectivity index (χ0n) is 26.0. The molecule has 4 aromatic carbocycles. The Labute approximate surface area is 291 Å². The summed E-state index contributed by atoms with van der Waals surface area (Å²) in [5.74, 6) is -0.883. The van der Waals surface area contributed by atoms with Crippen LogP contribution < -0.4 is 14.4 Å². The van der Waals surface area contributed by atoms with Crippen molar-refractivity contribution in [3.8, 4) is 5.75 Å². The summed E-state index contributed by atoms with van der Waals surface area (Å²) in [5.41, 5.74) is 1.28. The summed E-state index contributed by atoms with van der Waals surface area (Å²) in [7, 11) is -2.96. The van der Waals surface area contributed by atoms with Gasteiger partial charge in [0.25, 0.3) is 10.0 Å². The molecule has 0 aliphatic carbocycles. The van der Waals surface area contributed by atoms with Crippen molar-refractivity contribution in [1.29, 1.82) is 0 Å². The van der Waals surface area contributed by atoms with E-state index in [0.717, 1.165) is 22.7 Å². The van der Waals surface area contributed by atoms with Gasteiger partial charge in [-0.05, 0) is 54.4 Å². The Morgan fingerprint density at radius 2 is 1.51 bits per heavy atom. The minimum absolute atomic E-state index is 0.0475. The van der Waals surface area contributed by atoms with E-state index in [2.05, 4.69) is 5.32 Å². The van der Waals surface area contributed by atoms with E-state index in [1.54, 1.807) is 42.5 Å². The molecule has 0 fully saturated rings. The van der Waals surface area contributed by atoms with Crippen LogP contribution in [0.4, 0.5) is 5.69 Å². The smallest absolute Gasteiger partial charge is 0.264 e. The molecule has 248 valence electrons. The lowest BCUT2D eigenvalue weighted by Crippen LogP contribution is -2.53. The van der Waals surface area contributed by atoms with Gasteiger partial charge in [0.05, 0.1) is 17.7 Å². The van der Waals surface area contributed by atoms with Gasteiger partial charge in [-0.1, -0.05) is 103 Å². The number of nitrogens with zero attached hydrogens (tertiary/aromatic N) is 2. The molecular formula is C35H36Cl3N3O5S.